The van der Waals surface area contributed by atoms with E-state index in [0.717, 1.165) is 0 Å². The number of nitro groups is 1. The van der Waals surface area contributed by atoms with Crippen molar-refractivity contribution < 1.29 is 14.5 Å². The summed E-state index contributed by atoms with van der Waals surface area (Å²) in [6.45, 7) is 0. The molecule has 1 aromatic carbocycles. The molecule has 0 heterocycles. The topological polar surface area (TPSA) is 96.5 Å². The number of methoxy groups -OCH3 is 1. The van der Waals surface area contributed by atoms with E-state index in [0.29, 0.717) is 5.56 Å². The Morgan fingerprint density at radius 3 is 2.60 bits per heavy atom. The second-order valence-corrected chi connectivity index (χ2v) is 4.06. The normalized spacial score (nSPS) is 10.6. The number of hydrogen-bond acceptors (Lipinski definition) is 5. The number of carbonyl (C=O) groups excluding carboxylic acids is 1. The van der Waals surface area contributed by atoms with E-state index in [4.69, 9.17) is 10.00 Å². The first-order valence-corrected chi connectivity index (χ1v) is 5.56. The third kappa shape index (κ3) is 3.32. The first kappa shape index (κ1) is 15.2. The van der Waals surface area contributed by atoms with Crippen molar-refractivity contribution in [2.24, 2.45) is 0 Å². The van der Waals surface area contributed by atoms with Crippen LogP contribution in [0.15, 0.2) is 23.8 Å². The van der Waals surface area contributed by atoms with Crippen LogP contribution in [0.1, 0.15) is 5.56 Å². The van der Waals surface area contributed by atoms with Crippen molar-refractivity contribution in [3.8, 4) is 11.8 Å². The second-order valence-electron chi connectivity index (χ2n) is 4.06. The molecule has 7 nitrogen and oxygen atoms in total. The highest BCUT2D eigenvalue weighted by Crippen LogP contribution is 2.28. The molecule has 0 aliphatic heterocycles. The van der Waals surface area contributed by atoms with Crippen molar-refractivity contribution in [3.63, 3.8) is 0 Å². The largest absolute Gasteiger partial charge is 0.490 e. The molecule has 0 saturated carbocycles. The van der Waals surface area contributed by atoms with Crippen LogP contribution in [0.2, 0.25) is 0 Å². The van der Waals surface area contributed by atoms with Crippen LogP contribution in [-0.4, -0.2) is 36.9 Å². The van der Waals surface area contributed by atoms with Gasteiger partial charge in [-0.25, -0.2) is 0 Å². The molecule has 0 unspecified atom stereocenters. The smallest absolute Gasteiger partial charge is 0.311 e. The molecule has 0 atom stereocenters. The fourth-order valence-electron chi connectivity index (χ4n) is 1.49. The van der Waals surface area contributed by atoms with Crippen molar-refractivity contribution in [1.29, 1.82) is 5.26 Å². The SMILES string of the molecule is COc1ccc(/C=C(\C#N)C(=O)N(C)C)cc1[N+](=O)[O-]. The third-order valence-electron chi connectivity index (χ3n) is 2.47. The fourth-order valence-corrected chi connectivity index (χ4v) is 1.49. The monoisotopic (exact) mass is 275 g/mol. The lowest BCUT2D eigenvalue weighted by atomic mass is 10.1. The van der Waals surface area contributed by atoms with Crippen molar-refractivity contribution >= 4 is 17.7 Å². The average molecular weight is 275 g/mol. The summed E-state index contributed by atoms with van der Waals surface area (Å²) < 4.78 is 4.88. The fraction of sp³-hybridized carbons (Fsp3) is 0.231. The standard InChI is InChI=1S/C13H13N3O4/c1-15(2)13(17)10(8-14)6-9-4-5-12(20-3)11(7-9)16(18)19/h4-7H,1-3H3/b10-6+. The maximum Gasteiger partial charge on any atom is 0.311 e. The van der Waals surface area contributed by atoms with Gasteiger partial charge >= 0.3 is 5.69 Å². The van der Waals surface area contributed by atoms with E-state index in [1.807, 2.05) is 0 Å². The molecule has 0 aliphatic carbocycles. The van der Waals surface area contributed by atoms with Crippen molar-refractivity contribution in [3.05, 3.63) is 39.4 Å². The number of nitro benzene ring substituents is 1. The van der Waals surface area contributed by atoms with E-state index in [9.17, 15) is 14.9 Å². The van der Waals surface area contributed by atoms with E-state index < -0.39 is 10.8 Å². The van der Waals surface area contributed by atoms with Crippen LogP contribution in [0.25, 0.3) is 6.08 Å². The number of ether oxygens (including phenoxy) is 1. The molecule has 1 amide bonds. The van der Waals surface area contributed by atoms with Crippen LogP contribution in [0.5, 0.6) is 5.75 Å². The van der Waals surface area contributed by atoms with Crippen molar-refractivity contribution in [2.45, 2.75) is 0 Å². The first-order chi connectivity index (χ1) is 9.40. The van der Waals surface area contributed by atoms with Crippen LogP contribution in [-0.2, 0) is 4.79 Å². The minimum atomic E-state index is -0.587. The number of rotatable bonds is 4. The van der Waals surface area contributed by atoms with Crippen molar-refractivity contribution in [2.75, 3.05) is 21.2 Å². The summed E-state index contributed by atoms with van der Waals surface area (Å²) in [6.07, 6.45) is 1.30. The highest BCUT2D eigenvalue weighted by atomic mass is 16.6. The molecule has 0 radical (unpaired) electrons. The Bertz CT molecular complexity index is 615. The molecule has 7 heteroatoms. The molecular formula is C13H13N3O4. The summed E-state index contributed by atoms with van der Waals surface area (Å²) >= 11 is 0. The summed E-state index contributed by atoms with van der Waals surface area (Å²) in [5.41, 5.74) is 0.0505. The van der Waals surface area contributed by atoms with Gasteiger partial charge in [0.2, 0.25) is 0 Å². The van der Waals surface area contributed by atoms with Gasteiger partial charge in [0, 0.05) is 20.2 Å². The van der Waals surface area contributed by atoms with Crippen LogP contribution < -0.4 is 4.74 Å². The molecular weight excluding hydrogens is 262 g/mol. The molecule has 0 aliphatic rings. The average Bonchev–Trinajstić information content (AvgIpc) is 2.43. The number of likely N-dealkylation sites (N-methyl/N-ethyl adjacent to an activating group) is 1. The Morgan fingerprint density at radius 2 is 2.15 bits per heavy atom. The molecule has 0 aromatic heterocycles. The number of nitrogens with zero attached hydrogens (tertiary/aromatic N) is 3. The van der Waals surface area contributed by atoms with E-state index in [-0.39, 0.29) is 17.0 Å². The lowest BCUT2D eigenvalue weighted by Gasteiger charge is -2.08. The Balaban J connectivity index is 3.28. The van der Waals surface area contributed by atoms with E-state index in [1.165, 1.54) is 50.4 Å². The Morgan fingerprint density at radius 1 is 1.50 bits per heavy atom. The van der Waals surface area contributed by atoms with Crippen molar-refractivity contribution in [1.82, 2.24) is 4.90 Å². The van der Waals surface area contributed by atoms with Gasteiger partial charge in [-0.05, 0) is 17.7 Å². The van der Waals surface area contributed by atoms with Gasteiger partial charge in [0.15, 0.2) is 5.75 Å². The summed E-state index contributed by atoms with van der Waals surface area (Å²) in [6, 6.07) is 5.98. The van der Waals surface area contributed by atoms with Crippen LogP contribution in [0.4, 0.5) is 5.69 Å². The Labute approximate surface area is 115 Å². The highest BCUT2D eigenvalue weighted by Gasteiger charge is 2.16. The van der Waals surface area contributed by atoms with Gasteiger partial charge in [-0.15, -0.1) is 0 Å². The minimum absolute atomic E-state index is 0.102. The van der Waals surface area contributed by atoms with Crippen LogP contribution in [0, 0.1) is 21.4 Å². The summed E-state index contributed by atoms with van der Waals surface area (Å²) in [5, 5.41) is 19.9. The maximum absolute atomic E-state index is 11.7. The molecule has 1 rings (SSSR count). The zero-order valence-electron chi connectivity index (χ0n) is 11.3. The molecule has 1 aromatic rings. The summed E-state index contributed by atoms with van der Waals surface area (Å²) in [7, 11) is 4.36. The van der Waals surface area contributed by atoms with E-state index in [2.05, 4.69) is 0 Å². The zero-order valence-corrected chi connectivity index (χ0v) is 11.3. The first-order valence-electron chi connectivity index (χ1n) is 5.56. The number of nitriles is 1. The Hall–Kier alpha value is -2.88. The van der Waals surface area contributed by atoms with Gasteiger partial charge in [0.25, 0.3) is 5.91 Å². The lowest BCUT2D eigenvalue weighted by molar-refractivity contribution is -0.385. The van der Waals surface area contributed by atoms with Crippen LogP contribution >= 0.6 is 0 Å². The molecule has 0 N–H and O–H groups in total. The predicted octanol–water partition coefficient (Wildman–Crippen LogP) is 1.60. The molecule has 0 spiro atoms. The molecule has 20 heavy (non-hydrogen) atoms. The van der Waals surface area contributed by atoms with E-state index in [1.54, 1.807) is 6.07 Å². The predicted molar refractivity (Wildman–Crippen MR) is 71.9 cm³/mol. The minimum Gasteiger partial charge on any atom is -0.490 e. The van der Waals surface area contributed by atoms with Gasteiger partial charge in [-0.2, -0.15) is 5.26 Å². The summed E-state index contributed by atoms with van der Waals surface area (Å²) in [5.74, 6) is -0.351. The molecule has 0 bridgehead atoms. The van der Waals surface area contributed by atoms with Gasteiger partial charge in [-0.3, -0.25) is 14.9 Å². The van der Waals surface area contributed by atoms with Gasteiger partial charge < -0.3 is 9.64 Å². The van der Waals surface area contributed by atoms with Gasteiger partial charge in [-0.1, -0.05) is 6.07 Å². The number of hydrogen-bond donors (Lipinski definition) is 0. The van der Waals surface area contributed by atoms with E-state index >= 15 is 0 Å². The number of carbonyl (C=O) groups is 1. The zero-order chi connectivity index (χ0) is 15.3. The van der Waals surface area contributed by atoms with Gasteiger partial charge in [0.1, 0.15) is 11.6 Å². The molecule has 0 saturated heterocycles. The number of amides is 1. The maximum atomic E-state index is 11.7. The quantitative estimate of drug-likeness (QED) is 0.360. The molecule has 104 valence electrons. The van der Waals surface area contributed by atoms with Crippen LogP contribution in [0.3, 0.4) is 0 Å². The highest BCUT2D eigenvalue weighted by molar-refractivity contribution is 6.01. The Kier molecular flexibility index (Phi) is 4.81. The third-order valence-corrected chi connectivity index (χ3v) is 2.47. The lowest BCUT2D eigenvalue weighted by Crippen LogP contribution is -2.22. The molecule has 0 fully saturated rings. The second kappa shape index (κ2) is 6.33. The number of benzene rings is 1. The van der Waals surface area contributed by atoms with Gasteiger partial charge in [0.05, 0.1) is 12.0 Å². The summed E-state index contributed by atoms with van der Waals surface area (Å²) in [4.78, 5) is 23.3.